The van der Waals surface area contributed by atoms with Crippen molar-refractivity contribution in [3.8, 4) is 0 Å². The molecule has 0 N–H and O–H groups in total. The van der Waals surface area contributed by atoms with Crippen LogP contribution in [-0.4, -0.2) is 35.9 Å². The number of carbonyl (C=O) groups excluding carboxylic acids is 2. The molecule has 22 heavy (non-hydrogen) atoms. The van der Waals surface area contributed by atoms with Gasteiger partial charge in [0.2, 0.25) is 0 Å². The van der Waals surface area contributed by atoms with Crippen molar-refractivity contribution in [2.75, 3.05) is 0 Å². The van der Waals surface area contributed by atoms with Gasteiger partial charge in [-0.1, -0.05) is 6.58 Å². The van der Waals surface area contributed by atoms with E-state index < -0.39 is 0 Å². The van der Waals surface area contributed by atoms with Crippen molar-refractivity contribution in [3.05, 3.63) is 23.8 Å². The largest absolute Gasteiger partial charge is 0.458 e. The van der Waals surface area contributed by atoms with Crippen LogP contribution in [0.15, 0.2) is 23.8 Å². The van der Waals surface area contributed by atoms with E-state index in [0.29, 0.717) is 12.0 Å². The minimum Gasteiger partial charge on any atom is -0.458 e. The average Bonchev–Trinajstić information content (AvgIpc) is 2.98. The lowest BCUT2D eigenvalue weighted by Crippen LogP contribution is -2.27. The number of hydrogen-bond donors (Lipinski definition) is 0. The van der Waals surface area contributed by atoms with E-state index in [9.17, 15) is 9.59 Å². The molecule has 2 saturated heterocycles. The van der Waals surface area contributed by atoms with Crippen molar-refractivity contribution in [2.45, 2.75) is 63.9 Å². The van der Waals surface area contributed by atoms with Crippen LogP contribution in [0.25, 0.3) is 0 Å². The first kappa shape index (κ1) is 15.3. The first-order chi connectivity index (χ1) is 10.3. The van der Waals surface area contributed by atoms with E-state index in [2.05, 4.69) is 13.5 Å². The van der Waals surface area contributed by atoms with Gasteiger partial charge in [-0.25, -0.2) is 4.79 Å². The maximum Gasteiger partial charge on any atom is 0.334 e. The third-order valence-electron chi connectivity index (χ3n) is 5.01. The summed E-state index contributed by atoms with van der Waals surface area (Å²) in [6.45, 7) is 9.24. The van der Waals surface area contributed by atoms with E-state index in [1.54, 1.807) is 0 Å². The van der Waals surface area contributed by atoms with Crippen LogP contribution in [0, 0.1) is 5.92 Å². The van der Waals surface area contributed by atoms with E-state index in [1.165, 1.54) is 6.92 Å². The van der Waals surface area contributed by atoms with Gasteiger partial charge in [0.05, 0.1) is 11.7 Å². The molecule has 5 unspecified atom stereocenters. The van der Waals surface area contributed by atoms with Gasteiger partial charge >= 0.3 is 11.9 Å². The standard InChI is InChI=1S/C17H22O5/c1-9-7-14-12(10(2)16(19)21-14)5-6-17(4)15(22-17)8-13(9)20-11(3)18/h7,12-15H,2,5-6,8H2,1,3-4H3. The fraction of sp³-hybridized carbons (Fsp3) is 0.647. The highest BCUT2D eigenvalue weighted by atomic mass is 16.6. The normalized spacial score (nSPS) is 41.0. The fourth-order valence-corrected chi connectivity index (χ4v) is 3.46. The summed E-state index contributed by atoms with van der Waals surface area (Å²) in [5.74, 6) is -0.678. The van der Waals surface area contributed by atoms with Crippen molar-refractivity contribution < 1.29 is 23.8 Å². The summed E-state index contributed by atoms with van der Waals surface area (Å²) in [6.07, 6.45) is 3.62. The first-order valence-corrected chi connectivity index (χ1v) is 7.73. The Morgan fingerprint density at radius 3 is 2.91 bits per heavy atom. The molecule has 2 heterocycles. The zero-order valence-corrected chi connectivity index (χ0v) is 13.3. The molecule has 3 rings (SSSR count). The molecular formula is C17H22O5. The SMILES string of the molecule is C=C1C(=O)OC2C=C(C)C(OC(C)=O)CC3OC3(C)CCC12. The molecule has 2 fully saturated rings. The summed E-state index contributed by atoms with van der Waals surface area (Å²) in [5.41, 5.74) is 1.22. The maximum absolute atomic E-state index is 11.8. The molecule has 1 aliphatic carbocycles. The zero-order chi connectivity index (χ0) is 16.1. The highest BCUT2D eigenvalue weighted by Crippen LogP contribution is 2.47. The second-order valence-electron chi connectivity index (χ2n) is 6.70. The highest BCUT2D eigenvalue weighted by molar-refractivity contribution is 5.91. The van der Waals surface area contributed by atoms with Gasteiger partial charge in [0, 0.05) is 24.8 Å². The number of hydrogen-bond acceptors (Lipinski definition) is 5. The maximum atomic E-state index is 11.8. The van der Waals surface area contributed by atoms with Crippen LogP contribution in [0.3, 0.4) is 0 Å². The topological polar surface area (TPSA) is 65.1 Å². The Bertz CT molecular complexity index is 563. The second-order valence-corrected chi connectivity index (χ2v) is 6.70. The molecule has 0 spiro atoms. The van der Waals surface area contributed by atoms with Gasteiger partial charge in [0.1, 0.15) is 12.2 Å². The van der Waals surface area contributed by atoms with Gasteiger partial charge < -0.3 is 14.2 Å². The van der Waals surface area contributed by atoms with Crippen LogP contribution in [0.1, 0.15) is 40.0 Å². The van der Waals surface area contributed by atoms with Gasteiger partial charge in [-0.15, -0.1) is 0 Å². The Labute approximate surface area is 130 Å². The molecule has 0 bridgehead atoms. The summed E-state index contributed by atoms with van der Waals surface area (Å²) in [4.78, 5) is 23.2. The quantitative estimate of drug-likeness (QED) is 0.322. The third-order valence-corrected chi connectivity index (χ3v) is 5.01. The minimum atomic E-state index is -0.337. The number of esters is 2. The molecule has 120 valence electrons. The van der Waals surface area contributed by atoms with Gasteiger partial charge in [-0.05, 0) is 38.3 Å². The number of rotatable bonds is 1. The number of fused-ring (bicyclic) bond motifs is 2. The zero-order valence-electron chi connectivity index (χ0n) is 13.3. The molecule has 0 aromatic rings. The van der Waals surface area contributed by atoms with Crippen molar-refractivity contribution in [2.24, 2.45) is 5.92 Å². The molecule has 5 nitrogen and oxygen atoms in total. The summed E-state index contributed by atoms with van der Waals surface area (Å²) >= 11 is 0. The average molecular weight is 306 g/mol. The summed E-state index contributed by atoms with van der Waals surface area (Å²) < 4.78 is 16.7. The van der Waals surface area contributed by atoms with Crippen LogP contribution in [0.5, 0.6) is 0 Å². The monoisotopic (exact) mass is 306 g/mol. The summed E-state index contributed by atoms with van der Waals surface area (Å²) in [6, 6.07) is 0. The van der Waals surface area contributed by atoms with Crippen LogP contribution in [0.2, 0.25) is 0 Å². The third kappa shape index (κ3) is 2.70. The van der Waals surface area contributed by atoms with Crippen molar-refractivity contribution in [1.29, 1.82) is 0 Å². The Morgan fingerprint density at radius 1 is 1.50 bits per heavy atom. The van der Waals surface area contributed by atoms with Crippen LogP contribution >= 0.6 is 0 Å². The summed E-state index contributed by atoms with van der Waals surface area (Å²) in [5, 5.41) is 0. The second kappa shape index (κ2) is 5.23. The molecule has 5 heteroatoms. The smallest absolute Gasteiger partial charge is 0.334 e. The highest BCUT2D eigenvalue weighted by Gasteiger charge is 2.54. The lowest BCUT2D eigenvalue weighted by atomic mass is 9.84. The van der Waals surface area contributed by atoms with Crippen LogP contribution < -0.4 is 0 Å². The Balaban J connectivity index is 1.90. The van der Waals surface area contributed by atoms with Gasteiger partial charge in [-0.2, -0.15) is 0 Å². The van der Waals surface area contributed by atoms with Crippen LogP contribution in [0.4, 0.5) is 0 Å². The van der Waals surface area contributed by atoms with Gasteiger partial charge in [0.15, 0.2) is 0 Å². The summed E-state index contributed by atoms with van der Waals surface area (Å²) in [7, 11) is 0. The number of ether oxygens (including phenoxy) is 3. The van der Waals surface area contributed by atoms with Crippen LogP contribution in [-0.2, 0) is 23.8 Å². The minimum absolute atomic E-state index is 0.0276. The van der Waals surface area contributed by atoms with Gasteiger partial charge in [0.25, 0.3) is 0 Å². The first-order valence-electron chi connectivity index (χ1n) is 7.73. The Hall–Kier alpha value is -1.62. The molecule has 0 saturated carbocycles. The van der Waals surface area contributed by atoms with Crippen molar-refractivity contribution in [1.82, 2.24) is 0 Å². The van der Waals surface area contributed by atoms with Crippen molar-refractivity contribution in [3.63, 3.8) is 0 Å². The van der Waals surface area contributed by atoms with E-state index in [1.807, 2.05) is 13.0 Å². The molecule has 0 aromatic heterocycles. The predicted octanol–water partition coefficient (Wildman–Crippen LogP) is 2.30. The molecule has 0 amide bonds. The van der Waals surface area contributed by atoms with Crippen molar-refractivity contribution >= 4 is 11.9 Å². The molecule has 0 radical (unpaired) electrons. The van der Waals surface area contributed by atoms with E-state index in [-0.39, 0.29) is 41.8 Å². The lowest BCUT2D eigenvalue weighted by molar-refractivity contribution is -0.145. The Morgan fingerprint density at radius 2 is 2.23 bits per heavy atom. The van der Waals surface area contributed by atoms with E-state index in [0.717, 1.165) is 18.4 Å². The Kier molecular flexibility index (Phi) is 3.63. The molecule has 2 aliphatic heterocycles. The molecular weight excluding hydrogens is 284 g/mol. The van der Waals surface area contributed by atoms with E-state index in [4.69, 9.17) is 14.2 Å². The van der Waals surface area contributed by atoms with Gasteiger partial charge in [-0.3, -0.25) is 4.79 Å². The number of epoxide rings is 1. The molecule has 3 aliphatic rings. The van der Waals surface area contributed by atoms with E-state index >= 15 is 0 Å². The molecule has 5 atom stereocenters. The predicted molar refractivity (Wildman–Crippen MR) is 79.0 cm³/mol. The molecule has 0 aromatic carbocycles. The number of carbonyl (C=O) groups is 2. The fourth-order valence-electron chi connectivity index (χ4n) is 3.46. The lowest BCUT2D eigenvalue weighted by Gasteiger charge is -2.23.